The van der Waals surface area contributed by atoms with Crippen molar-refractivity contribution in [3.8, 4) is 0 Å². The Kier molecular flexibility index (Phi) is 11.3. The van der Waals surface area contributed by atoms with Crippen molar-refractivity contribution in [1.29, 1.82) is 0 Å². The highest BCUT2D eigenvalue weighted by Crippen LogP contribution is 2.48. The van der Waals surface area contributed by atoms with Crippen LogP contribution in [0.25, 0.3) is 0 Å². The Morgan fingerprint density at radius 3 is 2.04 bits per heavy atom. The summed E-state index contributed by atoms with van der Waals surface area (Å²) in [4.78, 5) is 4.61. The van der Waals surface area contributed by atoms with Crippen molar-refractivity contribution in [2.75, 3.05) is 34.4 Å². The molecule has 49 heavy (non-hydrogen) atoms. The molecule has 1 atom stereocenters. The zero-order valence-corrected chi connectivity index (χ0v) is 31.3. The van der Waals surface area contributed by atoms with Gasteiger partial charge in [0.2, 0.25) is 0 Å². The van der Waals surface area contributed by atoms with Crippen LogP contribution in [-0.4, -0.2) is 56.6 Å². The molecule has 0 aromatic heterocycles. The van der Waals surface area contributed by atoms with Crippen molar-refractivity contribution in [2.45, 2.75) is 89.5 Å². The minimum Gasteiger partial charge on any atom is -0.364 e. The maximum absolute atomic E-state index is 11.3. The first-order valence-corrected chi connectivity index (χ1v) is 20.7. The molecule has 2 aromatic carbocycles. The second kappa shape index (κ2) is 14.8. The average molecular weight is 729 g/mol. The minimum absolute atomic E-state index is 0.0382. The standard InChI is InChI=1S/C38H49ClN2O6S2/c1-37(2)30-16-5-7-18-32(30)40(24-9-11-26-48(42,43)44)34(37)22-20-28-14-13-15-29(36(28)39)21-23-35-38(3,4)31-17-6-8-19-33(31)41(35)25-10-12-27-49(45,46)47/h5-8,16-23,34H,9-15,24-27H2,1-4H3,(H,42,43,44)(H,45,46,47). The SMILES string of the molecule is CC1(C)C(=CC=C2CCCC(C=CC3N(CCCCS(=O)(=O)O)c4ccccc4C3(C)C)=C2Cl)N(CCCCS(=O)(=O)O)c2ccccc21. The van der Waals surface area contributed by atoms with Crippen LogP contribution in [0.5, 0.6) is 0 Å². The molecule has 5 rings (SSSR count). The van der Waals surface area contributed by atoms with Crippen molar-refractivity contribution in [2.24, 2.45) is 0 Å². The fourth-order valence-electron chi connectivity index (χ4n) is 7.67. The lowest BCUT2D eigenvalue weighted by atomic mass is 9.80. The van der Waals surface area contributed by atoms with Crippen LogP contribution in [0.2, 0.25) is 0 Å². The Morgan fingerprint density at radius 2 is 1.39 bits per heavy atom. The summed E-state index contributed by atoms with van der Waals surface area (Å²) in [5, 5.41) is 0.764. The van der Waals surface area contributed by atoms with Crippen LogP contribution in [0.15, 0.2) is 94.7 Å². The largest absolute Gasteiger partial charge is 0.364 e. The Balaban J connectivity index is 1.40. The highest BCUT2D eigenvalue weighted by molar-refractivity contribution is 7.86. The van der Waals surface area contributed by atoms with Gasteiger partial charge in [-0.1, -0.05) is 93.9 Å². The van der Waals surface area contributed by atoms with Gasteiger partial charge in [-0.2, -0.15) is 16.8 Å². The molecular weight excluding hydrogens is 680 g/mol. The normalized spacial score (nSPS) is 22.1. The predicted molar refractivity (Wildman–Crippen MR) is 201 cm³/mol. The highest BCUT2D eigenvalue weighted by Gasteiger charge is 2.43. The summed E-state index contributed by atoms with van der Waals surface area (Å²) < 4.78 is 63.7. The summed E-state index contributed by atoms with van der Waals surface area (Å²) in [6.07, 6.45) is 13.4. The summed E-state index contributed by atoms with van der Waals surface area (Å²) in [5.74, 6) is -0.489. The Morgan fingerprint density at radius 1 is 0.796 bits per heavy atom. The van der Waals surface area contributed by atoms with Crippen molar-refractivity contribution in [3.05, 3.63) is 106 Å². The summed E-state index contributed by atoms with van der Waals surface area (Å²) in [7, 11) is -7.99. The molecule has 2 aromatic rings. The van der Waals surface area contributed by atoms with Gasteiger partial charge in [0.25, 0.3) is 20.2 Å². The quantitative estimate of drug-likeness (QED) is 0.156. The van der Waals surface area contributed by atoms with Crippen molar-refractivity contribution < 1.29 is 25.9 Å². The molecule has 0 bridgehead atoms. The molecule has 0 saturated carbocycles. The molecule has 0 radical (unpaired) electrons. The van der Waals surface area contributed by atoms with Gasteiger partial charge in [-0.05, 0) is 85.4 Å². The lowest BCUT2D eigenvalue weighted by Gasteiger charge is -2.33. The van der Waals surface area contributed by atoms with Crippen molar-refractivity contribution in [3.63, 3.8) is 0 Å². The number of hydrogen-bond acceptors (Lipinski definition) is 6. The summed E-state index contributed by atoms with van der Waals surface area (Å²) in [5.41, 5.74) is 7.56. The summed E-state index contributed by atoms with van der Waals surface area (Å²) >= 11 is 7.15. The third-order valence-electron chi connectivity index (χ3n) is 10.2. The average Bonchev–Trinajstić information content (AvgIpc) is 3.37. The molecule has 2 N–H and O–H groups in total. The molecule has 8 nitrogen and oxygen atoms in total. The number of nitrogens with zero attached hydrogens (tertiary/aromatic N) is 2. The Bertz CT molecular complexity index is 1890. The first kappa shape index (κ1) is 37.4. The minimum atomic E-state index is -4.00. The van der Waals surface area contributed by atoms with E-state index < -0.39 is 20.2 Å². The molecule has 1 unspecified atom stereocenters. The topological polar surface area (TPSA) is 115 Å². The Labute approximate surface area is 297 Å². The molecule has 2 heterocycles. The van der Waals surface area contributed by atoms with Gasteiger partial charge in [-0.15, -0.1) is 0 Å². The maximum atomic E-state index is 11.3. The fourth-order valence-corrected chi connectivity index (χ4v) is 9.12. The number of hydrogen-bond donors (Lipinski definition) is 2. The van der Waals surface area contributed by atoms with Crippen LogP contribution < -0.4 is 9.80 Å². The zero-order valence-electron chi connectivity index (χ0n) is 28.9. The lowest BCUT2D eigenvalue weighted by molar-refractivity contribution is 0.466. The van der Waals surface area contributed by atoms with E-state index in [0.29, 0.717) is 38.8 Å². The molecule has 0 amide bonds. The molecular formula is C38H49ClN2O6S2. The third-order valence-corrected chi connectivity index (χ3v) is 12.3. The first-order valence-electron chi connectivity index (χ1n) is 17.1. The molecule has 266 valence electrons. The zero-order chi connectivity index (χ0) is 35.6. The van der Waals surface area contributed by atoms with Crippen molar-refractivity contribution in [1.82, 2.24) is 0 Å². The van der Waals surface area contributed by atoms with Gasteiger partial charge in [0.05, 0.1) is 17.5 Å². The molecule has 3 aliphatic rings. The van der Waals surface area contributed by atoms with Gasteiger partial charge in [0.15, 0.2) is 0 Å². The van der Waals surface area contributed by atoms with E-state index in [0.717, 1.165) is 52.5 Å². The van der Waals surface area contributed by atoms with Gasteiger partial charge < -0.3 is 9.80 Å². The number of para-hydroxylation sites is 2. The van der Waals surface area contributed by atoms with Crippen LogP contribution in [0.1, 0.15) is 83.8 Å². The molecule has 0 fully saturated rings. The van der Waals surface area contributed by atoms with E-state index >= 15 is 0 Å². The first-order chi connectivity index (χ1) is 23.0. The van der Waals surface area contributed by atoms with E-state index in [9.17, 15) is 25.9 Å². The number of anilines is 2. The third kappa shape index (κ3) is 8.53. The number of allylic oxidation sites excluding steroid dienone is 7. The number of fused-ring (bicyclic) bond motifs is 2. The van der Waals surface area contributed by atoms with Crippen LogP contribution in [-0.2, 0) is 31.1 Å². The van der Waals surface area contributed by atoms with E-state index in [1.54, 1.807) is 0 Å². The van der Waals surface area contributed by atoms with Gasteiger partial charge in [-0.25, -0.2) is 0 Å². The van der Waals surface area contributed by atoms with E-state index in [4.69, 9.17) is 11.6 Å². The van der Waals surface area contributed by atoms with Gasteiger partial charge >= 0.3 is 0 Å². The van der Waals surface area contributed by atoms with Crippen LogP contribution in [0, 0.1) is 0 Å². The Hall–Kier alpha value is -2.89. The smallest absolute Gasteiger partial charge is 0.264 e. The van der Waals surface area contributed by atoms with E-state index in [1.165, 1.54) is 11.1 Å². The lowest BCUT2D eigenvalue weighted by Crippen LogP contribution is -2.40. The number of rotatable bonds is 13. The van der Waals surface area contributed by atoms with Crippen LogP contribution >= 0.6 is 11.6 Å². The molecule has 1 aliphatic carbocycles. The summed E-state index contributed by atoms with van der Waals surface area (Å²) in [6.45, 7) is 10.2. The van der Waals surface area contributed by atoms with Crippen LogP contribution in [0.3, 0.4) is 0 Å². The van der Waals surface area contributed by atoms with Gasteiger partial charge in [-0.3, -0.25) is 9.11 Å². The number of halogens is 1. The predicted octanol–water partition coefficient (Wildman–Crippen LogP) is 8.33. The molecule has 0 spiro atoms. The molecule has 11 heteroatoms. The van der Waals surface area contributed by atoms with Gasteiger partial charge in [0.1, 0.15) is 0 Å². The number of benzene rings is 2. The van der Waals surface area contributed by atoms with Gasteiger partial charge in [0, 0.05) is 46.0 Å². The van der Waals surface area contributed by atoms with Crippen LogP contribution in [0.4, 0.5) is 11.4 Å². The van der Waals surface area contributed by atoms with Crippen molar-refractivity contribution >= 4 is 43.2 Å². The van der Waals surface area contributed by atoms with E-state index in [-0.39, 0.29) is 28.4 Å². The number of unbranched alkanes of at least 4 members (excludes halogenated alkanes) is 2. The summed E-state index contributed by atoms with van der Waals surface area (Å²) in [6, 6.07) is 16.7. The van der Waals surface area contributed by atoms with E-state index in [1.807, 2.05) is 18.2 Å². The molecule has 0 saturated heterocycles. The van der Waals surface area contributed by atoms with E-state index in [2.05, 4.69) is 92.1 Å². The fraction of sp³-hybridized carbons (Fsp3) is 0.474. The second-order valence-electron chi connectivity index (χ2n) is 14.5. The monoisotopic (exact) mass is 728 g/mol. The second-order valence-corrected chi connectivity index (χ2v) is 18.0. The maximum Gasteiger partial charge on any atom is 0.264 e. The highest BCUT2D eigenvalue weighted by atomic mass is 35.5. The molecule has 2 aliphatic heterocycles.